The summed E-state index contributed by atoms with van der Waals surface area (Å²) in [5.41, 5.74) is -2.94. The Hall–Kier alpha value is -3.76. The highest BCUT2D eigenvalue weighted by molar-refractivity contribution is 5.95. The molecule has 0 atom stereocenters. The first-order valence-electron chi connectivity index (χ1n) is 8.10. The maximum absolute atomic E-state index is 14.0. The van der Waals surface area contributed by atoms with Gasteiger partial charge < -0.3 is 5.32 Å². The normalized spacial score (nSPS) is 11.3. The lowest BCUT2D eigenvalue weighted by Crippen LogP contribution is -2.26. The van der Waals surface area contributed by atoms with Gasteiger partial charge in [-0.2, -0.15) is 18.3 Å². The highest BCUT2D eigenvalue weighted by Gasteiger charge is 2.41. The molecule has 0 aliphatic heterocycles. The summed E-state index contributed by atoms with van der Waals surface area (Å²) < 4.78 is 55.1. The quantitative estimate of drug-likeness (QED) is 0.394. The van der Waals surface area contributed by atoms with Crippen LogP contribution >= 0.6 is 0 Å². The predicted molar refractivity (Wildman–Crippen MR) is 92.8 cm³/mol. The monoisotopic (exact) mass is 408 g/mol. The second-order valence-electron chi connectivity index (χ2n) is 5.84. The zero-order valence-corrected chi connectivity index (χ0v) is 14.5. The van der Waals surface area contributed by atoms with Crippen LogP contribution in [0.2, 0.25) is 0 Å². The van der Waals surface area contributed by atoms with E-state index in [-0.39, 0.29) is 17.8 Å². The molecule has 1 N–H and O–H groups in total. The van der Waals surface area contributed by atoms with Gasteiger partial charge in [-0.25, -0.2) is 9.07 Å². The van der Waals surface area contributed by atoms with Gasteiger partial charge in [-0.3, -0.25) is 14.9 Å². The summed E-state index contributed by atoms with van der Waals surface area (Å²) >= 11 is 0. The van der Waals surface area contributed by atoms with Crippen molar-refractivity contribution >= 4 is 11.6 Å². The third-order valence-corrected chi connectivity index (χ3v) is 3.99. The highest BCUT2D eigenvalue weighted by atomic mass is 19.4. The number of nitro groups is 1. The predicted octanol–water partition coefficient (Wildman–Crippen LogP) is 3.87. The summed E-state index contributed by atoms with van der Waals surface area (Å²) in [4.78, 5) is 22.7. The highest BCUT2D eigenvalue weighted by Crippen LogP contribution is 2.34. The average Bonchev–Trinajstić information content (AvgIpc) is 3.12. The average molecular weight is 408 g/mol. The number of para-hydroxylation sites is 2. The minimum absolute atomic E-state index is 0.112. The Balaban J connectivity index is 1.94. The van der Waals surface area contributed by atoms with Gasteiger partial charge in [0.1, 0.15) is 11.5 Å². The molecule has 1 heterocycles. The second kappa shape index (κ2) is 7.70. The van der Waals surface area contributed by atoms with Crippen LogP contribution in [0.1, 0.15) is 21.6 Å². The zero-order valence-electron chi connectivity index (χ0n) is 14.5. The van der Waals surface area contributed by atoms with Crippen LogP contribution in [0.5, 0.6) is 0 Å². The molecular formula is C18H12F4N4O3. The molecule has 1 aromatic heterocycles. The summed E-state index contributed by atoms with van der Waals surface area (Å²) in [7, 11) is 0. The summed E-state index contributed by atoms with van der Waals surface area (Å²) in [6, 6.07) is 10.2. The van der Waals surface area contributed by atoms with Crippen molar-refractivity contribution in [2.45, 2.75) is 12.7 Å². The first-order valence-corrected chi connectivity index (χ1v) is 8.10. The number of hydrogen-bond acceptors (Lipinski definition) is 4. The van der Waals surface area contributed by atoms with E-state index in [0.29, 0.717) is 10.9 Å². The minimum Gasteiger partial charge on any atom is -0.348 e. The molecule has 0 fully saturated rings. The molecule has 0 saturated heterocycles. The largest absolute Gasteiger partial charge is 0.434 e. The van der Waals surface area contributed by atoms with Crippen LogP contribution in [0, 0.1) is 15.9 Å². The smallest absolute Gasteiger partial charge is 0.348 e. The maximum Gasteiger partial charge on any atom is 0.434 e. The van der Waals surface area contributed by atoms with Crippen LogP contribution in [-0.2, 0) is 12.7 Å². The lowest BCUT2D eigenvalue weighted by Gasteiger charge is -2.13. The molecule has 0 radical (unpaired) electrons. The number of nitrogens with zero attached hydrogens (tertiary/aromatic N) is 3. The molecule has 0 spiro atoms. The van der Waals surface area contributed by atoms with Crippen LogP contribution < -0.4 is 5.32 Å². The molecule has 3 rings (SSSR count). The molecule has 2 aromatic carbocycles. The van der Waals surface area contributed by atoms with Crippen LogP contribution in [-0.4, -0.2) is 20.6 Å². The number of carbonyl (C=O) groups excluding carboxylic acids is 1. The molecule has 0 aliphatic carbocycles. The second-order valence-corrected chi connectivity index (χ2v) is 5.84. The fraction of sp³-hybridized carbons (Fsp3) is 0.111. The first-order chi connectivity index (χ1) is 13.7. The molecule has 1 amide bonds. The van der Waals surface area contributed by atoms with Gasteiger partial charge in [-0.15, -0.1) is 0 Å². The molecule has 0 aliphatic rings. The number of amides is 1. The lowest BCUT2D eigenvalue weighted by atomic mass is 10.1. The van der Waals surface area contributed by atoms with Crippen molar-refractivity contribution in [1.82, 2.24) is 15.1 Å². The topological polar surface area (TPSA) is 90.1 Å². The number of carbonyl (C=O) groups is 1. The Morgan fingerprint density at radius 3 is 2.45 bits per heavy atom. The van der Waals surface area contributed by atoms with E-state index >= 15 is 0 Å². The van der Waals surface area contributed by atoms with E-state index in [1.165, 1.54) is 36.4 Å². The number of nitrogens with one attached hydrogen (secondary N) is 1. The Morgan fingerprint density at radius 1 is 1.14 bits per heavy atom. The minimum atomic E-state index is -5.01. The van der Waals surface area contributed by atoms with Gasteiger partial charge in [0.2, 0.25) is 0 Å². The van der Waals surface area contributed by atoms with E-state index in [0.717, 1.165) is 12.1 Å². The Morgan fingerprint density at radius 2 is 1.79 bits per heavy atom. The molecule has 150 valence electrons. The van der Waals surface area contributed by atoms with Gasteiger partial charge in [0, 0.05) is 18.2 Å². The molecule has 3 aromatic rings. The van der Waals surface area contributed by atoms with E-state index < -0.39 is 39.8 Å². The van der Waals surface area contributed by atoms with E-state index in [9.17, 15) is 32.5 Å². The van der Waals surface area contributed by atoms with Gasteiger partial charge in [0.25, 0.3) is 11.6 Å². The number of alkyl halides is 3. The maximum atomic E-state index is 14.0. The van der Waals surface area contributed by atoms with Crippen molar-refractivity contribution in [2.75, 3.05) is 0 Å². The summed E-state index contributed by atoms with van der Waals surface area (Å²) in [6.45, 7) is -0.377. The summed E-state index contributed by atoms with van der Waals surface area (Å²) in [5.74, 6) is -2.11. The zero-order chi connectivity index (χ0) is 21.2. The van der Waals surface area contributed by atoms with Gasteiger partial charge in [0.15, 0.2) is 5.69 Å². The molecule has 0 saturated carbocycles. The van der Waals surface area contributed by atoms with Crippen LogP contribution in [0.25, 0.3) is 5.69 Å². The SMILES string of the molecule is O=C(NCc1ccccc1[N+](=O)[O-])c1cnn(-c2ccccc2F)c1C(F)(F)F. The Bertz CT molecular complexity index is 1080. The fourth-order valence-corrected chi connectivity index (χ4v) is 2.70. The fourth-order valence-electron chi connectivity index (χ4n) is 2.70. The number of nitro benzene ring substituents is 1. The van der Waals surface area contributed by atoms with E-state index in [4.69, 9.17) is 0 Å². The number of benzene rings is 2. The van der Waals surface area contributed by atoms with Crippen LogP contribution in [0.4, 0.5) is 23.2 Å². The Kier molecular flexibility index (Phi) is 5.31. The van der Waals surface area contributed by atoms with E-state index in [1.54, 1.807) is 0 Å². The van der Waals surface area contributed by atoms with Crippen molar-refractivity contribution < 1.29 is 27.3 Å². The summed E-state index contributed by atoms with van der Waals surface area (Å²) in [6.07, 6.45) is -4.34. The first kappa shape index (κ1) is 20.0. The number of rotatable bonds is 5. The van der Waals surface area contributed by atoms with Crippen LogP contribution in [0.15, 0.2) is 54.7 Å². The number of hydrogen-bond donors (Lipinski definition) is 1. The van der Waals surface area contributed by atoms with Crippen LogP contribution in [0.3, 0.4) is 0 Å². The van der Waals surface area contributed by atoms with Crippen molar-refractivity contribution in [3.05, 3.63) is 87.5 Å². The van der Waals surface area contributed by atoms with Crippen molar-refractivity contribution in [3.63, 3.8) is 0 Å². The van der Waals surface area contributed by atoms with E-state index in [1.807, 2.05) is 0 Å². The standard InChI is InChI=1S/C18H12F4N4O3/c19-13-6-2-4-8-15(13)25-16(18(20,21)22)12(10-24-25)17(27)23-9-11-5-1-3-7-14(11)26(28)29/h1-8,10H,9H2,(H,23,27). The third kappa shape index (κ3) is 4.08. The molecule has 29 heavy (non-hydrogen) atoms. The lowest BCUT2D eigenvalue weighted by molar-refractivity contribution is -0.385. The van der Waals surface area contributed by atoms with Crippen molar-refractivity contribution in [1.29, 1.82) is 0 Å². The van der Waals surface area contributed by atoms with Gasteiger partial charge in [0.05, 0.1) is 16.7 Å². The number of aromatic nitrogens is 2. The van der Waals surface area contributed by atoms with E-state index in [2.05, 4.69) is 10.4 Å². The Labute approximate surface area is 160 Å². The molecule has 0 unspecified atom stereocenters. The van der Waals surface area contributed by atoms with Gasteiger partial charge in [-0.1, -0.05) is 30.3 Å². The molecule has 0 bridgehead atoms. The molecule has 7 nitrogen and oxygen atoms in total. The summed E-state index contributed by atoms with van der Waals surface area (Å²) in [5, 5.41) is 16.7. The third-order valence-electron chi connectivity index (χ3n) is 3.99. The van der Waals surface area contributed by atoms with Gasteiger partial charge >= 0.3 is 6.18 Å². The van der Waals surface area contributed by atoms with Crippen molar-refractivity contribution in [2.24, 2.45) is 0 Å². The molecule has 11 heteroatoms. The van der Waals surface area contributed by atoms with Gasteiger partial charge in [-0.05, 0) is 12.1 Å². The molecular weight excluding hydrogens is 396 g/mol. The van der Waals surface area contributed by atoms with Crippen molar-refractivity contribution in [3.8, 4) is 5.69 Å². The number of halogens is 4.